The average molecular weight is 265 g/mol. The van der Waals surface area contributed by atoms with Crippen LogP contribution >= 0.6 is 0 Å². The summed E-state index contributed by atoms with van der Waals surface area (Å²) in [5, 5.41) is 11.4. The van der Waals surface area contributed by atoms with Crippen LogP contribution in [0.5, 0.6) is 5.75 Å². The van der Waals surface area contributed by atoms with Gasteiger partial charge in [-0.15, -0.1) is 0 Å². The molecule has 0 atom stereocenters. The number of aryl methyl sites for hydroxylation is 1. The highest BCUT2D eigenvalue weighted by molar-refractivity contribution is 5.77. The quantitative estimate of drug-likeness (QED) is 0.672. The van der Waals surface area contributed by atoms with Gasteiger partial charge in [0, 0.05) is 13.2 Å². The van der Waals surface area contributed by atoms with Gasteiger partial charge < -0.3 is 15.2 Å². The van der Waals surface area contributed by atoms with Gasteiger partial charge in [-0.2, -0.15) is 0 Å². The Morgan fingerprint density at radius 1 is 1.26 bits per heavy atom. The number of rotatable bonds is 9. The summed E-state index contributed by atoms with van der Waals surface area (Å²) in [6.07, 6.45) is 3.81. The van der Waals surface area contributed by atoms with Gasteiger partial charge in [-0.05, 0) is 37.5 Å². The summed E-state index contributed by atoms with van der Waals surface area (Å²) in [6, 6.07) is 7.64. The van der Waals surface area contributed by atoms with Crippen LogP contribution in [0.2, 0.25) is 0 Å². The molecule has 4 nitrogen and oxygen atoms in total. The number of benzene rings is 1. The van der Waals surface area contributed by atoms with Crippen LogP contribution in [-0.2, 0) is 4.79 Å². The Morgan fingerprint density at radius 2 is 2.05 bits per heavy atom. The summed E-state index contributed by atoms with van der Waals surface area (Å²) in [6.45, 7) is 2.96. The molecular weight excluding hydrogens is 242 g/mol. The van der Waals surface area contributed by atoms with E-state index in [1.54, 1.807) is 0 Å². The molecule has 1 aromatic rings. The summed E-state index contributed by atoms with van der Waals surface area (Å²) < 4.78 is 5.40. The molecule has 0 aliphatic heterocycles. The fourth-order valence-corrected chi connectivity index (χ4v) is 1.72. The first-order valence-corrected chi connectivity index (χ1v) is 6.79. The first-order valence-electron chi connectivity index (χ1n) is 6.79. The number of hydrogen-bond donors (Lipinski definition) is 2. The second kappa shape index (κ2) is 9.39. The number of carbonyl (C=O) groups excluding carboxylic acids is 1. The molecule has 1 aromatic carbocycles. The van der Waals surface area contributed by atoms with E-state index in [0.717, 1.165) is 37.0 Å². The Bertz CT molecular complexity index is 379. The number of nitrogens with one attached hydrogen (secondary N) is 1. The summed E-state index contributed by atoms with van der Waals surface area (Å²) in [7, 11) is 0. The second-order valence-electron chi connectivity index (χ2n) is 4.59. The van der Waals surface area contributed by atoms with E-state index in [4.69, 9.17) is 9.84 Å². The Balaban J connectivity index is 2.08. The van der Waals surface area contributed by atoms with Crippen LogP contribution in [0.4, 0.5) is 0 Å². The minimum absolute atomic E-state index is 0.0556. The molecular formula is C15H23NO3. The van der Waals surface area contributed by atoms with Crippen molar-refractivity contribution < 1.29 is 14.6 Å². The molecule has 19 heavy (non-hydrogen) atoms. The number of unbranched alkanes of at least 4 members (excludes halogenated alkanes) is 3. The second-order valence-corrected chi connectivity index (χ2v) is 4.59. The molecule has 0 aromatic heterocycles. The molecule has 0 aliphatic rings. The summed E-state index contributed by atoms with van der Waals surface area (Å²) in [5.74, 6) is 0.627. The molecule has 0 bridgehead atoms. The van der Waals surface area contributed by atoms with E-state index in [2.05, 4.69) is 5.32 Å². The molecule has 0 saturated carbocycles. The summed E-state index contributed by atoms with van der Waals surface area (Å²) >= 11 is 0. The van der Waals surface area contributed by atoms with Gasteiger partial charge in [0.1, 0.15) is 5.75 Å². The maximum Gasteiger partial charge on any atom is 0.257 e. The highest BCUT2D eigenvalue weighted by atomic mass is 16.5. The third-order valence-electron chi connectivity index (χ3n) is 2.77. The smallest absolute Gasteiger partial charge is 0.257 e. The Hall–Kier alpha value is -1.55. The SMILES string of the molecule is Cc1cccc(OCC(=O)NCCCCCCO)c1. The van der Waals surface area contributed by atoms with Crippen molar-refractivity contribution in [2.24, 2.45) is 0 Å². The minimum atomic E-state index is -0.0938. The highest BCUT2D eigenvalue weighted by Crippen LogP contribution is 2.11. The van der Waals surface area contributed by atoms with Crippen molar-refractivity contribution in [1.29, 1.82) is 0 Å². The van der Waals surface area contributed by atoms with Crippen LogP contribution in [0.3, 0.4) is 0 Å². The highest BCUT2D eigenvalue weighted by Gasteiger charge is 2.02. The van der Waals surface area contributed by atoms with E-state index in [0.29, 0.717) is 6.54 Å². The topological polar surface area (TPSA) is 58.6 Å². The van der Waals surface area contributed by atoms with Gasteiger partial charge in [-0.3, -0.25) is 4.79 Å². The van der Waals surface area contributed by atoms with Crippen molar-refractivity contribution in [3.63, 3.8) is 0 Å². The molecule has 0 saturated heterocycles. The molecule has 2 N–H and O–H groups in total. The van der Waals surface area contributed by atoms with E-state index in [-0.39, 0.29) is 19.1 Å². The van der Waals surface area contributed by atoms with Crippen LogP contribution in [0.15, 0.2) is 24.3 Å². The van der Waals surface area contributed by atoms with Gasteiger partial charge in [-0.25, -0.2) is 0 Å². The Labute approximate surface area is 114 Å². The zero-order valence-electron chi connectivity index (χ0n) is 11.5. The van der Waals surface area contributed by atoms with Crippen LogP contribution in [0.1, 0.15) is 31.2 Å². The van der Waals surface area contributed by atoms with Crippen molar-refractivity contribution in [2.45, 2.75) is 32.6 Å². The minimum Gasteiger partial charge on any atom is -0.484 e. The first kappa shape index (κ1) is 15.5. The Morgan fingerprint density at radius 3 is 2.79 bits per heavy atom. The van der Waals surface area contributed by atoms with E-state index in [1.807, 2.05) is 31.2 Å². The van der Waals surface area contributed by atoms with Gasteiger partial charge >= 0.3 is 0 Å². The van der Waals surface area contributed by atoms with Crippen molar-refractivity contribution in [1.82, 2.24) is 5.32 Å². The standard InChI is InChI=1S/C15H23NO3/c1-13-7-6-8-14(11-13)19-12-15(18)16-9-4-2-3-5-10-17/h6-8,11,17H,2-5,9-10,12H2,1H3,(H,16,18). The van der Waals surface area contributed by atoms with Crippen LogP contribution in [-0.4, -0.2) is 30.8 Å². The molecule has 106 valence electrons. The molecule has 0 radical (unpaired) electrons. The van der Waals surface area contributed by atoms with Crippen LogP contribution in [0.25, 0.3) is 0 Å². The fourth-order valence-electron chi connectivity index (χ4n) is 1.72. The van der Waals surface area contributed by atoms with E-state index in [1.165, 1.54) is 0 Å². The molecule has 1 amide bonds. The lowest BCUT2D eigenvalue weighted by atomic mass is 10.2. The van der Waals surface area contributed by atoms with Crippen molar-refractivity contribution in [3.8, 4) is 5.75 Å². The molecule has 0 spiro atoms. The maximum atomic E-state index is 11.5. The number of ether oxygens (including phenoxy) is 1. The third kappa shape index (κ3) is 7.47. The van der Waals surface area contributed by atoms with E-state index < -0.39 is 0 Å². The van der Waals surface area contributed by atoms with Crippen molar-refractivity contribution in [3.05, 3.63) is 29.8 Å². The predicted octanol–water partition coefficient (Wildman–Crippen LogP) is 2.04. The lowest BCUT2D eigenvalue weighted by Gasteiger charge is -2.07. The third-order valence-corrected chi connectivity index (χ3v) is 2.77. The van der Waals surface area contributed by atoms with Crippen molar-refractivity contribution >= 4 is 5.91 Å². The molecule has 4 heteroatoms. The van der Waals surface area contributed by atoms with Gasteiger partial charge in [0.25, 0.3) is 5.91 Å². The van der Waals surface area contributed by atoms with Gasteiger partial charge in [0.15, 0.2) is 6.61 Å². The van der Waals surface area contributed by atoms with Crippen molar-refractivity contribution in [2.75, 3.05) is 19.8 Å². The van der Waals surface area contributed by atoms with Gasteiger partial charge in [-0.1, -0.05) is 25.0 Å². The monoisotopic (exact) mass is 265 g/mol. The lowest BCUT2D eigenvalue weighted by molar-refractivity contribution is -0.123. The number of aliphatic hydroxyl groups excluding tert-OH is 1. The van der Waals surface area contributed by atoms with Crippen LogP contribution in [0, 0.1) is 6.92 Å². The molecule has 1 rings (SSSR count). The van der Waals surface area contributed by atoms with Gasteiger partial charge in [0.2, 0.25) is 0 Å². The molecule has 0 aliphatic carbocycles. The first-order chi connectivity index (χ1) is 9.22. The molecule has 0 fully saturated rings. The molecule has 0 heterocycles. The predicted molar refractivity (Wildman–Crippen MR) is 75.2 cm³/mol. The lowest BCUT2D eigenvalue weighted by Crippen LogP contribution is -2.29. The average Bonchev–Trinajstić information content (AvgIpc) is 2.40. The largest absolute Gasteiger partial charge is 0.484 e. The fraction of sp³-hybridized carbons (Fsp3) is 0.533. The Kier molecular flexibility index (Phi) is 7.66. The van der Waals surface area contributed by atoms with E-state index >= 15 is 0 Å². The zero-order valence-corrected chi connectivity index (χ0v) is 11.5. The van der Waals surface area contributed by atoms with E-state index in [9.17, 15) is 4.79 Å². The number of hydrogen-bond acceptors (Lipinski definition) is 3. The van der Waals surface area contributed by atoms with Crippen LogP contribution < -0.4 is 10.1 Å². The molecule has 0 unspecified atom stereocenters. The summed E-state index contributed by atoms with van der Waals surface area (Å²) in [5.41, 5.74) is 1.11. The maximum absolute atomic E-state index is 11.5. The number of amides is 1. The number of aliphatic hydroxyl groups is 1. The number of carbonyl (C=O) groups is 1. The zero-order chi connectivity index (χ0) is 13.9. The normalized spacial score (nSPS) is 10.2. The summed E-state index contributed by atoms with van der Waals surface area (Å²) in [4.78, 5) is 11.5. The van der Waals surface area contributed by atoms with Gasteiger partial charge in [0.05, 0.1) is 0 Å².